The van der Waals surface area contributed by atoms with E-state index in [2.05, 4.69) is 20.7 Å². The van der Waals surface area contributed by atoms with Gasteiger partial charge in [0.05, 0.1) is 31.3 Å². The van der Waals surface area contributed by atoms with Gasteiger partial charge in [-0.2, -0.15) is 4.72 Å². The molecule has 9 heteroatoms. The normalized spacial score (nSPS) is 23.6. The highest BCUT2D eigenvalue weighted by Crippen LogP contribution is 2.33. The zero-order valence-corrected chi connectivity index (χ0v) is 17.3. The molecule has 0 amide bonds. The van der Waals surface area contributed by atoms with Gasteiger partial charge in [0.2, 0.25) is 10.0 Å². The molecule has 1 fully saturated rings. The Morgan fingerprint density at radius 2 is 1.96 bits per heavy atom. The SMILES string of the molecule is COCCO[C@@H]1CCC[C@@](NS(=O)(=O)c2ccc(Br)cc2)(C(=O)OC)C1. The lowest BCUT2D eigenvalue weighted by Crippen LogP contribution is -2.58. The molecular formula is C17H24BrNO6S. The van der Waals surface area contributed by atoms with Crippen LogP contribution in [0.15, 0.2) is 33.6 Å². The van der Waals surface area contributed by atoms with Crippen LogP contribution in [0.5, 0.6) is 0 Å². The van der Waals surface area contributed by atoms with Crippen molar-refractivity contribution in [3.05, 3.63) is 28.7 Å². The Bertz CT molecular complexity index is 708. The van der Waals surface area contributed by atoms with Crippen LogP contribution in [0.4, 0.5) is 0 Å². The number of ether oxygens (including phenoxy) is 3. The first-order chi connectivity index (χ1) is 12.3. The average Bonchev–Trinajstić information content (AvgIpc) is 2.61. The topological polar surface area (TPSA) is 90.9 Å². The van der Waals surface area contributed by atoms with E-state index in [0.717, 1.165) is 10.9 Å². The molecule has 0 spiro atoms. The number of benzene rings is 1. The first-order valence-electron chi connectivity index (χ1n) is 8.31. The number of hydrogen-bond acceptors (Lipinski definition) is 6. The summed E-state index contributed by atoms with van der Waals surface area (Å²) in [6.45, 7) is 0.824. The molecule has 0 unspecified atom stereocenters. The smallest absolute Gasteiger partial charge is 0.327 e. The van der Waals surface area contributed by atoms with Crippen LogP contribution in [0, 0.1) is 0 Å². The van der Waals surface area contributed by atoms with Crippen molar-refractivity contribution in [2.45, 2.75) is 42.2 Å². The van der Waals surface area contributed by atoms with Crippen LogP contribution in [0.25, 0.3) is 0 Å². The minimum Gasteiger partial charge on any atom is -0.468 e. The molecule has 0 aliphatic heterocycles. The maximum absolute atomic E-state index is 12.8. The number of sulfonamides is 1. The second-order valence-corrected chi connectivity index (χ2v) is 8.81. The molecule has 0 heterocycles. The molecule has 0 bridgehead atoms. The Hall–Kier alpha value is -1.00. The molecule has 0 aromatic heterocycles. The van der Waals surface area contributed by atoms with Crippen LogP contribution >= 0.6 is 15.9 Å². The predicted octanol–water partition coefficient (Wildman–Crippen LogP) is 2.24. The Balaban J connectivity index is 2.23. The molecule has 1 N–H and O–H groups in total. The summed E-state index contributed by atoms with van der Waals surface area (Å²) in [5.41, 5.74) is -1.34. The number of carbonyl (C=O) groups is 1. The highest BCUT2D eigenvalue weighted by atomic mass is 79.9. The summed E-state index contributed by atoms with van der Waals surface area (Å²) in [5, 5.41) is 0. The summed E-state index contributed by atoms with van der Waals surface area (Å²) < 4.78 is 44.6. The molecule has 1 saturated carbocycles. The first-order valence-corrected chi connectivity index (χ1v) is 10.6. The standard InChI is InChI=1S/C17H24BrNO6S/c1-23-10-11-25-14-4-3-9-17(12-14,16(20)24-2)19-26(21,22)15-7-5-13(18)6-8-15/h5-8,14,19H,3-4,9-12H2,1-2H3/t14-,17+/m1/s1. The summed E-state index contributed by atoms with van der Waals surface area (Å²) >= 11 is 3.28. The highest BCUT2D eigenvalue weighted by molar-refractivity contribution is 9.10. The third-order valence-corrected chi connectivity index (χ3v) is 6.46. The quantitative estimate of drug-likeness (QED) is 0.483. The van der Waals surface area contributed by atoms with Gasteiger partial charge < -0.3 is 14.2 Å². The summed E-state index contributed by atoms with van der Waals surface area (Å²) in [6.07, 6.45) is 1.74. The van der Waals surface area contributed by atoms with E-state index in [1.807, 2.05) is 0 Å². The largest absolute Gasteiger partial charge is 0.468 e. The number of hydrogen-bond donors (Lipinski definition) is 1. The summed E-state index contributed by atoms with van der Waals surface area (Å²) in [7, 11) is -1.05. The molecule has 2 atom stereocenters. The third-order valence-electron chi connectivity index (χ3n) is 4.38. The van der Waals surface area contributed by atoms with Crippen molar-refractivity contribution in [2.24, 2.45) is 0 Å². The predicted molar refractivity (Wildman–Crippen MR) is 99.3 cm³/mol. The first kappa shape index (κ1) is 21.3. The number of carbonyl (C=O) groups excluding carboxylic acids is 1. The van der Waals surface area contributed by atoms with Crippen molar-refractivity contribution in [2.75, 3.05) is 27.4 Å². The minimum absolute atomic E-state index is 0.0893. The fourth-order valence-corrected chi connectivity index (χ4v) is 4.77. The number of nitrogens with one attached hydrogen (secondary N) is 1. The number of methoxy groups -OCH3 is 2. The minimum atomic E-state index is -3.89. The maximum Gasteiger partial charge on any atom is 0.327 e. The zero-order chi connectivity index (χ0) is 19.2. The second-order valence-electron chi connectivity index (χ2n) is 6.22. The van der Waals surface area contributed by atoms with Gasteiger partial charge in [-0.05, 0) is 43.5 Å². The highest BCUT2D eigenvalue weighted by Gasteiger charge is 2.47. The van der Waals surface area contributed by atoms with Crippen molar-refractivity contribution in [1.82, 2.24) is 4.72 Å². The molecule has 146 valence electrons. The average molecular weight is 450 g/mol. The van der Waals surface area contributed by atoms with Gasteiger partial charge in [-0.1, -0.05) is 15.9 Å². The van der Waals surface area contributed by atoms with Crippen molar-refractivity contribution in [1.29, 1.82) is 0 Å². The lowest BCUT2D eigenvalue weighted by atomic mass is 9.81. The number of halogens is 1. The summed E-state index contributed by atoms with van der Waals surface area (Å²) in [5.74, 6) is -0.599. The van der Waals surface area contributed by atoms with Gasteiger partial charge in [-0.25, -0.2) is 8.42 Å². The van der Waals surface area contributed by atoms with E-state index >= 15 is 0 Å². The molecule has 1 aliphatic carbocycles. The molecule has 1 aromatic rings. The molecule has 1 aromatic carbocycles. The van der Waals surface area contributed by atoms with Gasteiger partial charge in [-0.15, -0.1) is 0 Å². The van der Waals surface area contributed by atoms with Gasteiger partial charge in [-0.3, -0.25) is 4.79 Å². The van der Waals surface area contributed by atoms with Crippen LogP contribution in [0.2, 0.25) is 0 Å². The Kier molecular flexibility index (Phi) is 7.60. The van der Waals surface area contributed by atoms with Crippen LogP contribution in [0.3, 0.4) is 0 Å². The fourth-order valence-electron chi connectivity index (χ4n) is 3.11. The van der Waals surface area contributed by atoms with Crippen LogP contribution in [-0.4, -0.2) is 53.5 Å². The molecule has 1 aliphatic rings. The van der Waals surface area contributed by atoms with Gasteiger partial charge in [0.25, 0.3) is 0 Å². The zero-order valence-electron chi connectivity index (χ0n) is 14.9. The van der Waals surface area contributed by atoms with E-state index in [4.69, 9.17) is 14.2 Å². The Labute approximate surface area is 162 Å². The second kappa shape index (κ2) is 9.27. The van der Waals surface area contributed by atoms with E-state index < -0.39 is 21.5 Å². The molecule has 0 saturated heterocycles. The van der Waals surface area contributed by atoms with E-state index in [1.54, 1.807) is 19.2 Å². The summed E-state index contributed by atoms with van der Waals surface area (Å²) in [6, 6.07) is 6.23. The lowest BCUT2D eigenvalue weighted by Gasteiger charge is -2.38. The van der Waals surface area contributed by atoms with E-state index in [9.17, 15) is 13.2 Å². The Morgan fingerprint density at radius 1 is 1.27 bits per heavy atom. The van der Waals surface area contributed by atoms with Gasteiger partial charge in [0.1, 0.15) is 5.54 Å². The molecular weight excluding hydrogens is 426 g/mol. The Morgan fingerprint density at radius 3 is 2.58 bits per heavy atom. The van der Waals surface area contributed by atoms with Gasteiger partial charge in [0, 0.05) is 18.0 Å². The van der Waals surface area contributed by atoms with Crippen LogP contribution in [0.1, 0.15) is 25.7 Å². The molecule has 26 heavy (non-hydrogen) atoms. The molecule has 2 rings (SSSR count). The third kappa shape index (κ3) is 5.26. The molecule has 7 nitrogen and oxygen atoms in total. The van der Waals surface area contributed by atoms with E-state index in [0.29, 0.717) is 26.1 Å². The fraction of sp³-hybridized carbons (Fsp3) is 0.588. The maximum atomic E-state index is 12.8. The number of rotatable bonds is 8. The summed E-state index contributed by atoms with van der Waals surface area (Å²) in [4.78, 5) is 12.6. The van der Waals surface area contributed by atoms with Crippen molar-refractivity contribution < 1.29 is 27.4 Å². The van der Waals surface area contributed by atoms with Crippen LogP contribution in [-0.2, 0) is 29.0 Å². The van der Waals surface area contributed by atoms with Crippen LogP contribution < -0.4 is 4.72 Å². The van der Waals surface area contributed by atoms with Crippen molar-refractivity contribution in [3.63, 3.8) is 0 Å². The lowest BCUT2D eigenvalue weighted by molar-refractivity contribution is -0.151. The van der Waals surface area contributed by atoms with Gasteiger partial charge >= 0.3 is 5.97 Å². The molecule has 0 radical (unpaired) electrons. The van der Waals surface area contributed by atoms with Crippen molar-refractivity contribution in [3.8, 4) is 0 Å². The van der Waals surface area contributed by atoms with Crippen molar-refractivity contribution >= 4 is 31.9 Å². The van der Waals surface area contributed by atoms with E-state index in [1.165, 1.54) is 19.2 Å². The van der Waals surface area contributed by atoms with Gasteiger partial charge in [0.15, 0.2) is 0 Å². The van der Waals surface area contributed by atoms with E-state index in [-0.39, 0.29) is 17.4 Å². The monoisotopic (exact) mass is 449 g/mol. The number of esters is 1.